The Morgan fingerprint density at radius 1 is 0.933 bits per heavy atom. The van der Waals surface area contributed by atoms with Crippen molar-refractivity contribution in [3.8, 4) is 34.1 Å². The Labute approximate surface area is 173 Å². The number of sulfonamides is 1. The van der Waals surface area contributed by atoms with Crippen LogP contribution in [-0.2, 0) is 10.0 Å². The smallest absolute Gasteiger partial charge is 0.261 e. The Hall–Kier alpha value is -3.46. The first-order chi connectivity index (χ1) is 14.4. The average molecular weight is 431 g/mol. The quantitative estimate of drug-likeness (QED) is 0.634. The summed E-state index contributed by atoms with van der Waals surface area (Å²) in [6.07, 6.45) is 0. The van der Waals surface area contributed by atoms with E-state index in [1.165, 1.54) is 44.6 Å². The molecule has 7 nitrogen and oxygen atoms in total. The molecule has 1 heterocycles. The lowest BCUT2D eigenvalue weighted by Crippen LogP contribution is -2.13. The van der Waals surface area contributed by atoms with Crippen molar-refractivity contribution in [1.29, 1.82) is 0 Å². The first-order valence-electron chi connectivity index (χ1n) is 8.86. The molecular weight excluding hydrogens is 413 g/mol. The monoisotopic (exact) mass is 431 g/mol. The lowest BCUT2D eigenvalue weighted by Gasteiger charge is -2.16. The molecule has 0 aromatic heterocycles. The molecule has 0 fully saturated rings. The van der Waals surface area contributed by atoms with E-state index in [4.69, 9.17) is 18.9 Å². The van der Waals surface area contributed by atoms with Crippen molar-refractivity contribution in [2.45, 2.75) is 4.90 Å². The lowest BCUT2D eigenvalue weighted by molar-refractivity contribution is 0.174. The largest absolute Gasteiger partial charge is 0.494 e. The van der Waals surface area contributed by atoms with Crippen LogP contribution in [-0.4, -0.2) is 29.4 Å². The summed E-state index contributed by atoms with van der Waals surface area (Å²) in [5.74, 6) is 0.0918. The van der Waals surface area contributed by atoms with Crippen molar-refractivity contribution in [2.24, 2.45) is 0 Å². The topological polar surface area (TPSA) is 83.1 Å². The van der Waals surface area contributed by atoms with Crippen molar-refractivity contribution in [3.63, 3.8) is 0 Å². The molecule has 1 aliphatic heterocycles. The number of hydrogen-bond donors (Lipinski definition) is 1. The van der Waals surface area contributed by atoms with Gasteiger partial charge in [0.25, 0.3) is 10.0 Å². The second-order valence-corrected chi connectivity index (χ2v) is 8.05. The van der Waals surface area contributed by atoms with Gasteiger partial charge in [0.2, 0.25) is 12.6 Å². The Kier molecular flexibility index (Phi) is 5.13. The molecule has 30 heavy (non-hydrogen) atoms. The number of methoxy groups -OCH3 is 2. The standard InChI is InChI=1S/C21H18FNO6S/c1-26-19-8-13(9-20(27-2)21(19)22)15-10-17-18(29-12-28-17)11-16(15)23-30(24,25)14-6-4-3-5-7-14/h3-11,23H,12H2,1-2H3. The van der Waals surface area contributed by atoms with E-state index in [2.05, 4.69) is 4.72 Å². The fourth-order valence-electron chi connectivity index (χ4n) is 3.09. The molecule has 0 radical (unpaired) electrons. The zero-order chi connectivity index (χ0) is 21.3. The zero-order valence-corrected chi connectivity index (χ0v) is 17.0. The summed E-state index contributed by atoms with van der Waals surface area (Å²) in [5, 5.41) is 0. The first kappa shape index (κ1) is 19.8. The molecule has 0 bridgehead atoms. The molecule has 0 saturated carbocycles. The van der Waals surface area contributed by atoms with Crippen molar-refractivity contribution >= 4 is 15.7 Å². The minimum Gasteiger partial charge on any atom is -0.494 e. The van der Waals surface area contributed by atoms with Gasteiger partial charge in [0.15, 0.2) is 23.0 Å². The molecule has 3 aromatic carbocycles. The summed E-state index contributed by atoms with van der Waals surface area (Å²) in [6, 6.07) is 14.0. The third-order valence-electron chi connectivity index (χ3n) is 4.57. The van der Waals surface area contributed by atoms with Crippen LogP contribution < -0.4 is 23.7 Å². The SMILES string of the molecule is COc1cc(-c2cc3c(cc2NS(=O)(=O)c2ccccc2)OCO3)cc(OC)c1F. The van der Waals surface area contributed by atoms with Crippen molar-refractivity contribution in [1.82, 2.24) is 0 Å². The summed E-state index contributed by atoms with van der Waals surface area (Å²) in [7, 11) is -1.22. The van der Waals surface area contributed by atoms with Crippen LogP contribution >= 0.6 is 0 Å². The highest BCUT2D eigenvalue weighted by molar-refractivity contribution is 7.92. The van der Waals surface area contributed by atoms with Crippen LogP contribution in [0.3, 0.4) is 0 Å². The molecule has 9 heteroatoms. The maximum absolute atomic E-state index is 14.4. The molecule has 0 atom stereocenters. The second-order valence-electron chi connectivity index (χ2n) is 6.36. The van der Waals surface area contributed by atoms with Crippen molar-refractivity contribution in [3.05, 3.63) is 60.4 Å². The lowest BCUT2D eigenvalue weighted by atomic mass is 10.0. The molecule has 0 unspecified atom stereocenters. The number of benzene rings is 3. The molecule has 156 valence electrons. The van der Waals surface area contributed by atoms with Crippen LogP contribution in [0.1, 0.15) is 0 Å². The number of rotatable bonds is 6. The third-order valence-corrected chi connectivity index (χ3v) is 5.95. The number of halogens is 1. The van der Waals surface area contributed by atoms with E-state index in [1.54, 1.807) is 24.3 Å². The molecule has 0 spiro atoms. The van der Waals surface area contributed by atoms with Crippen LogP contribution in [0.4, 0.5) is 10.1 Å². The van der Waals surface area contributed by atoms with Crippen LogP contribution in [0.5, 0.6) is 23.0 Å². The highest BCUT2D eigenvalue weighted by Crippen LogP contribution is 2.44. The summed E-state index contributed by atoms with van der Waals surface area (Å²) < 4.78 is 63.8. The zero-order valence-electron chi connectivity index (χ0n) is 16.1. The van der Waals surface area contributed by atoms with Crippen molar-refractivity contribution in [2.75, 3.05) is 25.7 Å². The fraction of sp³-hybridized carbons (Fsp3) is 0.143. The van der Waals surface area contributed by atoms with Crippen LogP contribution in [0.2, 0.25) is 0 Å². The van der Waals surface area contributed by atoms with Crippen LogP contribution in [0.15, 0.2) is 59.5 Å². The van der Waals surface area contributed by atoms with E-state index in [0.717, 1.165) is 0 Å². The van der Waals surface area contributed by atoms with Gasteiger partial charge in [-0.25, -0.2) is 8.42 Å². The van der Waals surface area contributed by atoms with Gasteiger partial charge in [0.1, 0.15) is 0 Å². The molecular formula is C21H18FNO6S. The summed E-state index contributed by atoms with van der Waals surface area (Å²) in [5.41, 5.74) is 1.14. The van der Waals surface area contributed by atoms with Gasteiger partial charge in [0.05, 0.1) is 24.8 Å². The number of ether oxygens (including phenoxy) is 4. The van der Waals surface area contributed by atoms with Gasteiger partial charge in [-0.15, -0.1) is 0 Å². The predicted octanol–water partition coefficient (Wildman–Crippen LogP) is 4.04. The summed E-state index contributed by atoms with van der Waals surface area (Å²) in [6.45, 7) is 0.0136. The van der Waals surface area contributed by atoms with Crippen molar-refractivity contribution < 1.29 is 31.8 Å². The molecule has 3 aromatic rings. The van der Waals surface area contributed by atoms with Gasteiger partial charge >= 0.3 is 0 Å². The van der Waals surface area contributed by atoms with E-state index in [9.17, 15) is 12.8 Å². The molecule has 1 N–H and O–H groups in total. The van der Waals surface area contributed by atoms with Gasteiger partial charge in [-0.05, 0) is 35.9 Å². The molecule has 0 amide bonds. The van der Waals surface area contributed by atoms with Gasteiger partial charge in [-0.1, -0.05) is 18.2 Å². The van der Waals surface area contributed by atoms with Crippen LogP contribution in [0.25, 0.3) is 11.1 Å². The highest BCUT2D eigenvalue weighted by Gasteiger charge is 2.23. The predicted molar refractivity (Wildman–Crippen MR) is 108 cm³/mol. The number of fused-ring (bicyclic) bond motifs is 1. The minimum atomic E-state index is -3.88. The van der Waals surface area contributed by atoms with E-state index >= 15 is 0 Å². The number of anilines is 1. The van der Waals surface area contributed by atoms with Gasteiger partial charge in [-0.3, -0.25) is 4.72 Å². The minimum absolute atomic E-state index is 0.0136. The average Bonchev–Trinajstić information content (AvgIpc) is 3.21. The molecule has 4 rings (SSSR count). The number of nitrogens with one attached hydrogen (secondary N) is 1. The Bertz CT molecular complexity index is 1170. The van der Waals surface area contributed by atoms with Gasteiger partial charge in [-0.2, -0.15) is 4.39 Å². The normalized spacial score (nSPS) is 12.5. The Balaban J connectivity index is 1.87. The summed E-state index contributed by atoms with van der Waals surface area (Å²) in [4.78, 5) is 0.0999. The maximum atomic E-state index is 14.4. The third kappa shape index (κ3) is 3.59. The van der Waals surface area contributed by atoms with E-state index in [-0.39, 0.29) is 28.9 Å². The summed E-state index contributed by atoms with van der Waals surface area (Å²) >= 11 is 0. The molecule has 1 aliphatic rings. The second kappa shape index (κ2) is 7.75. The first-order valence-corrected chi connectivity index (χ1v) is 10.3. The van der Waals surface area contributed by atoms with E-state index in [0.29, 0.717) is 22.6 Å². The number of hydrogen-bond acceptors (Lipinski definition) is 6. The van der Waals surface area contributed by atoms with E-state index < -0.39 is 15.8 Å². The van der Waals surface area contributed by atoms with Gasteiger partial charge in [0, 0.05) is 11.6 Å². The maximum Gasteiger partial charge on any atom is 0.261 e. The highest BCUT2D eigenvalue weighted by atomic mass is 32.2. The molecule has 0 aliphatic carbocycles. The van der Waals surface area contributed by atoms with E-state index in [1.807, 2.05) is 0 Å². The van der Waals surface area contributed by atoms with Gasteiger partial charge < -0.3 is 18.9 Å². The molecule has 0 saturated heterocycles. The van der Waals surface area contributed by atoms with Crippen LogP contribution in [0, 0.1) is 5.82 Å². The Morgan fingerprint density at radius 3 is 2.13 bits per heavy atom. The fourth-order valence-corrected chi connectivity index (χ4v) is 4.19. The Morgan fingerprint density at radius 2 is 1.53 bits per heavy atom.